The van der Waals surface area contributed by atoms with Crippen LogP contribution >= 0.6 is 0 Å². The molecule has 0 saturated carbocycles. The van der Waals surface area contributed by atoms with Gasteiger partial charge in [-0.15, -0.1) is 5.10 Å². The van der Waals surface area contributed by atoms with Gasteiger partial charge >= 0.3 is 0 Å². The van der Waals surface area contributed by atoms with Gasteiger partial charge in [0.05, 0.1) is 12.1 Å². The Hall–Kier alpha value is -2.47. The summed E-state index contributed by atoms with van der Waals surface area (Å²) in [6.45, 7) is 4.53. The van der Waals surface area contributed by atoms with E-state index in [-0.39, 0.29) is 5.82 Å². The first-order chi connectivity index (χ1) is 11.3. The van der Waals surface area contributed by atoms with Crippen LogP contribution in [-0.2, 0) is 6.54 Å². The van der Waals surface area contributed by atoms with Crippen molar-refractivity contribution in [3.63, 3.8) is 0 Å². The van der Waals surface area contributed by atoms with Crippen molar-refractivity contribution in [3.8, 4) is 0 Å². The van der Waals surface area contributed by atoms with Gasteiger partial charge in [-0.05, 0) is 35.9 Å². The van der Waals surface area contributed by atoms with Crippen LogP contribution in [0.4, 0.5) is 10.1 Å². The summed E-state index contributed by atoms with van der Waals surface area (Å²) in [4.78, 5) is 2.35. The van der Waals surface area contributed by atoms with E-state index in [0.717, 1.165) is 42.8 Å². The topological polar surface area (TPSA) is 46.0 Å². The fourth-order valence-corrected chi connectivity index (χ4v) is 3.01. The zero-order chi connectivity index (χ0) is 15.6. The molecule has 1 aliphatic heterocycles. The number of rotatable bonds is 3. The number of hydrogen-bond donors (Lipinski definition) is 1. The van der Waals surface area contributed by atoms with Gasteiger partial charge in [-0.2, -0.15) is 0 Å². The Bertz CT molecular complexity index is 823. The van der Waals surface area contributed by atoms with Gasteiger partial charge in [-0.25, -0.2) is 9.07 Å². The van der Waals surface area contributed by atoms with Gasteiger partial charge < -0.3 is 10.2 Å². The molecule has 1 aromatic heterocycles. The standard InChI is InChI=1S/C17H18FN5/c18-14-3-1-2-13(10-14)12-23-17-5-4-15(11-16(17)20-21-23)22-8-6-19-7-9-22/h1-5,10-11,19H,6-9,12H2. The van der Waals surface area contributed by atoms with Gasteiger partial charge in [0.25, 0.3) is 0 Å². The lowest BCUT2D eigenvalue weighted by Crippen LogP contribution is -2.43. The minimum atomic E-state index is -0.229. The van der Waals surface area contributed by atoms with Crippen molar-refractivity contribution in [2.45, 2.75) is 6.54 Å². The molecule has 4 rings (SSSR count). The van der Waals surface area contributed by atoms with Crippen molar-refractivity contribution in [1.82, 2.24) is 20.3 Å². The predicted molar refractivity (Wildman–Crippen MR) is 88.1 cm³/mol. The number of aromatic nitrogens is 3. The largest absolute Gasteiger partial charge is 0.369 e. The molecule has 0 radical (unpaired) electrons. The van der Waals surface area contributed by atoms with E-state index >= 15 is 0 Å². The fraction of sp³-hybridized carbons (Fsp3) is 0.294. The number of benzene rings is 2. The summed E-state index contributed by atoms with van der Waals surface area (Å²) < 4.78 is 15.1. The van der Waals surface area contributed by atoms with Gasteiger partial charge in [-0.1, -0.05) is 17.3 Å². The number of fused-ring (bicyclic) bond motifs is 1. The maximum Gasteiger partial charge on any atom is 0.123 e. The molecule has 118 valence electrons. The minimum absolute atomic E-state index is 0.229. The van der Waals surface area contributed by atoms with Crippen molar-refractivity contribution in [2.24, 2.45) is 0 Å². The highest BCUT2D eigenvalue weighted by Gasteiger charge is 2.13. The van der Waals surface area contributed by atoms with Crippen LogP contribution in [0.25, 0.3) is 11.0 Å². The van der Waals surface area contributed by atoms with Crippen LogP contribution in [0, 0.1) is 5.82 Å². The third-order valence-corrected chi connectivity index (χ3v) is 4.20. The quantitative estimate of drug-likeness (QED) is 0.804. The summed E-state index contributed by atoms with van der Waals surface area (Å²) in [6, 6.07) is 12.8. The number of hydrogen-bond acceptors (Lipinski definition) is 4. The Balaban J connectivity index is 1.62. The average Bonchev–Trinajstić information content (AvgIpc) is 2.98. The monoisotopic (exact) mass is 311 g/mol. The summed E-state index contributed by atoms with van der Waals surface area (Å²) in [6.07, 6.45) is 0. The van der Waals surface area contributed by atoms with E-state index in [0.29, 0.717) is 6.54 Å². The van der Waals surface area contributed by atoms with Crippen LogP contribution in [0.3, 0.4) is 0 Å². The third-order valence-electron chi connectivity index (χ3n) is 4.20. The smallest absolute Gasteiger partial charge is 0.123 e. The number of anilines is 1. The Morgan fingerprint density at radius 3 is 2.78 bits per heavy atom. The highest BCUT2D eigenvalue weighted by Crippen LogP contribution is 2.21. The fourth-order valence-electron chi connectivity index (χ4n) is 3.01. The second-order valence-electron chi connectivity index (χ2n) is 5.79. The molecule has 3 aromatic rings. The lowest BCUT2D eigenvalue weighted by atomic mass is 10.2. The molecular formula is C17H18FN5. The molecule has 1 saturated heterocycles. The number of halogens is 1. The number of piperazine rings is 1. The summed E-state index contributed by atoms with van der Waals surface area (Å²) in [5.74, 6) is -0.229. The highest BCUT2D eigenvalue weighted by atomic mass is 19.1. The summed E-state index contributed by atoms with van der Waals surface area (Å²) in [5.41, 5.74) is 3.89. The van der Waals surface area contributed by atoms with E-state index in [9.17, 15) is 4.39 Å². The predicted octanol–water partition coefficient (Wildman–Crippen LogP) is 2.03. The molecule has 23 heavy (non-hydrogen) atoms. The van der Waals surface area contributed by atoms with Gasteiger partial charge in [0.1, 0.15) is 11.3 Å². The molecule has 0 unspecified atom stereocenters. The van der Waals surface area contributed by atoms with Crippen molar-refractivity contribution in [1.29, 1.82) is 0 Å². The van der Waals surface area contributed by atoms with Gasteiger partial charge in [0.2, 0.25) is 0 Å². The Labute approximate surface area is 133 Å². The van der Waals surface area contributed by atoms with Crippen LogP contribution in [0.5, 0.6) is 0 Å². The van der Waals surface area contributed by atoms with Gasteiger partial charge in [0, 0.05) is 31.9 Å². The number of nitrogens with one attached hydrogen (secondary N) is 1. The van der Waals surface area contributed by atoms with Crippen LogP contribution < -0.4 is 10.2 Å². The molecule has 2 heterocycles. The third kappa shape index (κ3) is 2.90. The summed E-state index contributed by atoms with van der Waals surface area (Å²) in [7, 11) is 0. The molecule has 1 N–H and O–H groups in total. The molecule has 2 aromatic carbocycles. The normalized spacial score (nSPS) is 15.3. The molecule has 6 heteroatoms. The molecule has 0 spiro atoms. The van der Waals surface area contributed by atoms with E-state index in [4.69, 9.17) is 0 Å². The first-order valence-electron chi connectivity index (χ1n) is 7.83. The van der Waals surface area contributed by atoms with Crippen LogP contribution in [0.2, 0.25) is 0 Å². The van der Waals surface area contributed by atoms with E-state index in [2.05, 4.69) is 32.7 Å². The van der Waals surface area contributed by atoms with Crippen molar-refractivity contribution < 1.29 is 4.39 Å². The average molecular weight is 311 g/mol. The van der Waals surface area contributed by atoms with Crippen LogP contribution in [-0.4, -0.2) is 41.2 Å². The zero-order valence-electron chi connectivity index (χ0n) is 12.7. The van der Waals surface area contributed by atoms with E-state index in [1.165, 1.54) is 17.8 Å². The van der Waals surface area contributed by atoms with Crippen molar-refractivity contribution in [2.75, 3.05) is 31.1 Å². The minimum Gasteiger partial charge on any atom is -0.369 e. The highest BCUT2D eigenvalue weighted by molar-refractivity contribution is 5.79. The molecule has 1 aliphatic rings. The Morgan fingerprint density at radius 1 is 1.09 bits per heavy atom. The molecule has 0 aliphatic carbocycles. The van der Waals surface area contributed by atoms with E-state index in [1.54, 1.807) is 6.07 Å². The van der Waals surface area contributed by atoms with Crippen LogP contribution in [0.1, 0.15) is 5.56 Å². The maximum atomic E-state index is 13.3. The van der Waals surface area contributed by atoms with E-state index < -0.39 is 0 Å². The molecule has 0 amide bonds. The molecule has 1 fully saturated rings. The summed E-state index contributed by atoms with van der Waals surface area (Å²) >= 11 is 0. The lowest BCUT2D eigenvalue weighted by Gasteiger charge is -2.29. The van der Waals surface area contributed by atoms with Gasteiger partial charge in [0.15, 0.2) is 0 Å². The Morgan fingerprint density at radius 2 is 1.96 bits per heavy atom. The zero-order valence-corrected chi connectivity index (χ0v) is 12.7. The van der Waals surface area contributed by atoms with Gasteiger partial charge in [-0.3, -0.25) is 0 Å². The first-order valence-corrected chi connectivity index (χ1v) is 7.83. The molecular weight excluding hydrogens is 293 g/mol. The second kappa shape index (κ2) is 5.96. The SMILES string of the molecule is Fc1cccc(Cn2nnc3cc(N4CCNCC4)ccc32)c1. The molecule has 0 atom stereocenters. The molecule has 5 nitrogen and oxygen atoms in total. The van der Waals surface area contributed by atoms with Crippen LogP contribution in [0.15, 0.2) is 42.5 Å². The number of nitrogens with zero attached hydrogens (tertiary/aromatic N) is 4. The maximum absolute atomic E-state index is 13.3. The van der Waals surface area contributed by atoms with Crippen molar-refractivity contribution >= 4 is 16.7 Å². The van der Waals surface area contributed by atoms with E-state index in [1.807, 2.05) is 16.8 Å². The Kier molecular flexibility index (Phi) is 3.67. The first kappa shape index (κ1) is 14.1. The lowest BCUT2D eigenvalue weighted by molar-refractivity contribution is 0.589. The van der Waals surface area contributed by atoms with Crippen molar-refractivity contribution in [3.05, 3.63) is 53.8 Å². The summed E-state index contributed by atoms with van der Waals surface area (Å²) in [5, 5.41) is 11.8. The molecule has 0 bridgehead atoms. The second-order valence-corrected chi connectivity index (χ2v) is 5.79.